The zero-order valence-electron chi connectivity index (χ0n) is 12.5. The summed E-state index contributed by atoms with van der Waals surface area (Å²) in [4.78, 5) is 4.30. The maximum atomic E-state index is 12.4. The zero-order chi connectivity index (χ0) is 15.3. The topological polar surface area (TPSA) is 80.3 Å². The maximum absolute atomic E-state index is 12.4. The molecule has 0 spiro atoms. The van der Waals surface area contributed by atoms with Gasteiger partial charge < -0.3 is 10.1 Å². The molecule has 1 fully saturated rings. The number of nitrogens with zero attached hydrogens (tertiary/aromatic N) is 1. The van der Waals surface area contributed by atoms with Crippen LogP contribution in [0.4, 0.5) is 5.82 Å². The number of ether oxygens (including phenoxy) is 1. The lowest BCUT2D eigenvalue weighted by molar-refractivity contribution is 0.0585. The average molecular weight is 313 g/mol. The third-order valence-electron chi connectivity index (χ3n) is 3.72. The molecule has 1 saturated heterocycles. The van der Waals surface area contributed by atoms with Crippen LogP contribution in [0, 0.1) is 5.92 Å². The Labute approximate surface area is 126 Å². The number of anilines is 1. The molecule has 6 nitrogen and oxygen atoms in total. The maximum Gasteiger partial charge on any atom is 0.242 e. The smallest absolute Gasteiger partial charge is 0.242 e. The lowest BCUT2D eigenvalue weighted by atomic mass is 9.94. The molecule has 118 valence electrons. The van der Waals surface area contributed by atoms with Crippen LogP contribution in [-0.2, 0) is 14.8 Å². The minimum absolute atomic E-state index is 0.104. The third-order valence-corrected chi connectivity index (χ3v) is 5.26. The Hall–Kier alpha value is -1.18. The highest BCUT2D eigenvalue weighted by Crippen LogP contribution is 2.20. The van der Waals surface area contributed by atoms with Crippen LogP contribution in [-0.4, -0.2) is 39.2 Å². The second kappa shape index (κ2) is 7.20. The number of rotatable bonds is 6. The van der Waals surface area contributed by atoms with E-state index in [-0.39, 0.29) is 10.9 Å². The minimum Gasteiger partial charge on any atom is -0.381 e. The molecule has 1 atom stereocenters. The molecular weight excluding hydrogens is 290 g/mol. The highest BCUT2D eigenvalue weighted by atomic mass is 32.2. The highest BCUT2D eigenvalue weighted by Gasteiger charge is 2.25. The first kappa shape index (κ1) is 16.2. The molecule has 2 rings (SSSR count). The zero-order valence-corrected chi connectivity index (χ0v) is 13.3. The molecule has 0 amide bonds. The van der Waals surface area contributed by atoms with Crippen molar-refractivity contribution < 1.29 is 13.2 Å². The molecule has 1 aromatic heterocycles. The van der Waals surface area contributed by atoms with Gasteiger partial charge in [0.25, 0.3) is 0 Å². The molecule has 2 N–H and O–H groups in total. The summed E-state index contributed by atoms with van der Waals surface area (Å²) in [6, 6.07) is 3.15. The number of nitrogens with one attached hydrogen (secondary N) is 2. The van der Waals surface area contributed by atoms with Gasteiger partial charge in [-0.2, -0.15) is 0 Å². The van der Waals surface area contributed by atoms with Crippen molar-refractivity contribution >= 4 is 15.8 Å². The van der Waals surface area contributed by atoms with Crippen molar-refractivity contribution in [2.24, 2.45) is 5.92 Å². The predicted octanol–water partition coefficient (Wildman–Crippen LogP) is 1.61. The van der Waals surface area contributed by atoms with E-state index in [1.165, 1.54) is 6.20 Å². The van der Waals surface area contributed by atoms with Gasteiger partial charge in [-0.1, -0.05) is 0 Å². The minimum atomic E-state index is -3.52. The van der Waals surface area contributed by atoms with Gasteiger partial charge in [0.05, 0.1) is 0 Å². The van der Waals surface area contributed by atoms with Crippen LogP contribution >= 0.6 is 0 Å². The van der Waals surface area contributed by atoms with Crippen LogP contribution in [0.25, 0.3) is 0 Å². The van der Waals surface area contributed by atoms with Crippen LogP contribution in [0.1, 0.15) is 26.7 Å². The number of aromatic nitrogens is 1. The first-order valence-corrected chi connectivity index (χ1v) is 8.81. The molecule has 1 aliphatic rings. The van der Waals surface area contributed by atoms with Gasteiger partial charge in [0.15, 0.2) is 0 Å². The van der Waals surface area contributed by atoms with E-state index in [2.05, 4.69) is 15.0 Å². The van der Waals surface area contributed by atoms with E-state index >= 15 is 0 Å². The second-order valence-electron chi connectivity index (χ2n) is 5.27. The van der Waals surface area contributed by atoms with Crippen molar-refractivity contribution in [2.45, 2.75) is 37.6 Å². The first-order chi connectivity index (χ1) is 10.0. The highest BCUT2D eigenvalue weighted by molar-refractivity contribution is 7.89. The summed E-state index contributed by atoms with van der Waals surface area (Å²) in [5.74, 6) is 0.997. The lowest BCUT2D eigenvalue weighted by Gasteiger charge is -2.28. The fourth-order valence-corrected chi connectivity index (χ4v) is 3.71. The molecule has 0 aromatic carbocycles. The molecule has 1 aliphatic heterocycles. The molecule has 0 radical (unpaired) electrons. The molecule has 1 unspecified atom stereocenters. The molecule has 7 heteroatoms. The van der Waals surface area contributed by atoms with E-state index in [1.54, 1.807) is 12.1 Å². The largest absolute Gasteiger partial charge is 0.381 e. The van der Waals surface area contributed by atoms with E-state index < -0.39 is 10.0 Å². The summed E-state index contributed by atoms with van der Waals surface area (Å²) < 4.78 is 32.8. The van der Waals surface area contributed by atoms with Crippen molar-refractivity contribution in [1.29, 1.82) is 0 Å². The van der Waals surface area contributed by atoms with Gasteiger partial charge in [-0.15, -0.1) is 0 Å². The number of hydrogen-bond acceptors (Lipinski definition) is 5. The molecule has 1 aromatic rings. The summed E-state index contributed by atoms with van der Waals surface area (Å²) in [6.45, 7) is 6.03. The van der Waals surface area contributed by atoms with E-state index in [9.17, 15) is 8.42 Å². The standard InChI is InChI=1S/C14H23N3O3S/c1-3-15-14-5-4-13(10-16-14)21(18,19)17-11(2)12-6-8-20-9-7-12/h4-5,10-12,17H,3,6-9H2,1-2H3,(H,15,16). The Balaban J connectivity index is 2.03. The summed E-state index contributed by atoms with van der Waals surface area (Å²) in [6.07, 6.45) is 3.17. The Bertz CT molecular complexity index is 539. The van der Waals surface area contributed by atoms with Gasteiger partial charge in [0, 0.05) is 32.0 Å². The van der Waals surface area contributed by atoms with Crippen molar-refractivity contribution in [3.05, 3.63) is 18.3 Å². The fourth-order valence-electron chi connectivity index (χ4n) is 2.45. The Morgan fingerprint density at radius 3 is 2.67 bits per heavy atom. The molecular formula is C14H23N3O3S. The van der Waals surface area contributed by atoms with Crippen LogP contribution in [0.3, 0.4) is 0 Å². The van der Waals surface area contributed by atoms with E-state index in [1.807, 2.05) is 13.8 Å². The first-order valence-electron chi connectivity index (χ1n) is 7.33. The van der Waals surface area contributed by atoms with Gasteiger partial charge >= 0.3 is 0 Å². The van der Waals surface area contributed by atoms with Gasteiger partial charge in [0.1, 0.15) is 10.7 Å². The van der Waals surface area contributed by atoms with Crippen molar-refractivity contribution in [3.8, 4) is 0 Å². The molecule has 0 saturated carbocycles. The van der Waals surface area contributed by atoms with Crippen LogP contribution in [0.2, 0.25) is 0 Å². The number of pyridine rings is 1. The van der Waals surface area contributed by atoms with Gasteiger partial charge in [0.2, 0.25) is 10.0 Å². The van der Waals surface area contributed by atoms with E-state index in [4.69, 9.17) is 4.74 Å². The molecule has 2 heterocycles. The fraction of sp³-hybridized carbons (Fsp3) is 0.643. The van der Waals surface area contributed by atoms with Gasteiger partial charge in [-0.3, -0.25) is 0 Å². The lowest BCUT2D eigenvalue weighted by Crippen LogP contribution is -2.40. The monoisotopic (exact) mass is 313 g/mol. The van der Waals surface area contributed by atoms with Crippen molar-refractivity contribution in [3.63, 3.8) is 0 Å². The van der Waals surface area contributed by atoms with Gasteiger partial charge in [-0.25, -0.2) is 18.1 Å². The Morgan fingerprint density at radius 2 is 2.10 bits per heavy atom. The second-order valence-corrected chi connectivity index (χ2v) is 6.98. The normalized spacial score (nSPS) is 18.4. The van der Waals surface area contributed by atoms with Crippen LogP contribution < -0.4 is 10.0 Å². The molecule has 0 bridgehead atoms. The van der Waals surface area contributed by atoms with E-state index in [0.29, 0.717) is 24.9 Å². The Morgan fingerprint density at radius 1 is 1.38 bits per heavy atom. The van der Waals surface area contributed by atoms with Gasteiger partial charge in [-0.05, 0) is 44.7 Å². The third kappa shape index (κ3) is 4.39. The van der Waals surface area contributed by atoms with Crippen molar-refractivity contribution in [2.75, 3.05) is 25.1 Å². The summed E-state index contributed by atoms with van der Waals surface area (Å²) >= 11 is 0. The quantitative estimate of drug-likeness (QED) is 0.834. The number of hydrogen-bond donors (Lipinski definition) is 2. The van der Waals surface area contributed by atoms with Crippen LogP contribution in [0.15, 0.2) is 23.2 Å². The van der Waals surface area contributed by atoms with E-state index in [0.717, 1.165) is 19.4 Å². The summed E-state index contributed by atoms with van der Waals surface area (Å²) in [5.41, 5.74) is 0. The molecule has 0 aliphatic carbocycles. The average Bonchev–Trinajstić information content (AvgIpc) is 2.48. The molecule has 21 heavy (non-hydrogen) atoms. The van der Waals surface area contributed by atoms with Crippen molar-refractivity contribution in [1.82, 2.24) is 9.71 Å². The number of sulfonamides is 1. The Kier molecular flexibility index (Phi) is 5.55. The SMILES string of the molecule is CCNc1ccc(S(=O)(=O)NC(C)C2CCOCC2)cn1. The summed E-state index contributed by atoms with van der Waals surface area (Å²) in [5, 5.41) is 3.04. The predicted molar refractivity (Wildman–Crippen MR) is 81.7 cm³/mol. The summed E-state index contributed by atoms with van der Waals surface area (Å²) in [7, 11) is -3.52. The van der Waals surface area contributed by atoms with Crippen LogP contribution in [0.5, 0.6) is 0 Å².